The number of halogens is 1. The molecule has 0 bridgehead atoms. The van der Waals surface area contributed by atoms with Crippen LogP contribution in [-0.4, -0.2) is 18.5 Å². The van der Waals surface area contributed by atoms with Gasteiger partial charge in [-0.2, -0.15) is 0 Å². The maximum atomic E-state index is 5.96. The van der Waals surface area contributed by atoms with Crippen molar-refractivity contribution in [2.24, 2.45) is 5.92 Å². The number of rotatable bonds is 6. The highest BCUT2D eigenvalue weighted by Crippen LogP contribution is 2.27. The summed E-state index contributed by atoms with van der Waals surface area (Å²) in [4.78, 5) is 0. The van der Waals surface area contributed by atoms with E-state index in [1.807, 2.05) is 0 Å². The monoisotopic (exact) mass is 223 g/mol. The first-order valence-electron chi connectivity index (χ1n) is 5.71. The predicted molar refractivity (Wildman–Crippen MR) is 65.4 cm³/mol. The smallest absolute Gasteiger partial charge is 0.0380 e. The fourth-order valence-electron chi connectivity index (χ4n) is 1.74. The number of nitrogens with one attached hydrogen (secondary N) is 1. The summed E-state index contributed by atoms with van der Waals surface area (Å²) < 4.78 is 0. The van der Waals surface area contributed by atoms with E-state index in [2.05, 4.69) is 35.6 Å². The van der Waals surface area contributed by atoms with Gasteiger partial charge in [-0.25, -0.2) is 0 Å². The molecule has 0 heterocycles. The van der Waals surface area contributed by atoms with Crippen LogP contribution < -0.4 is 5.32 Å². The van der Waals surface area contributed by atoms with E-state index in [1.165, 1.54) is 18.4 Å². The molecule has 1 unspecified atom stereocenters. The van der Waals surface area contributed by atoms with Crippen molar-refractivity contribution in [1.29, 1.82) is 0 Å². The minimum absolute atomic E-state index is 0.426. The van der Waals surface area contributed by atoms with E-state index < -0.39 is 0 Å². The highest BCUT2D eigenvalue weighted by Gasteiger charge is 2.21. The third-order valence-electron chi connectivity index (χ3n) is 2.90. The molecule has 1 nitrogen and oxygen atoms in total. The largest absolute Gasteiger partial charge is 0.312 e. The minimum Gasteiger partial charge on any atom is -0.312 e. The Morgan fingerprint density at radius 2 is 2.00 bits per heavy atom. The molecule has 0 saturated heterocycles. The van der Waals surface area contributed by atoms with Gasteiger partial charge in [-0.15, -0.1) is 11.6 Å². The Morgan fingerprint density at radius 1 is 1.27 bits per heavy atom. The van der Waals surface area contributed by atoms with Crippen LogP contribution in [0, 0.1) is 5.92 Å². The molecule has 0 aromatic heterocycles. The average molecular weight is 224 g/mol. The van der Waals surface area contributed by atoms with Gasteiger partial charge in [0.05, 0.1) is 0 Å². The quantitative estimate of drug-likeness (QED) is 0.732. The number of alkyl halides is 1. The summed E-state index contributed by atoms with van der Waals surface area (Å²) in [6, 6.07) is 11.0. The van der Waals surface area contributed by atoms with E-state index in [0.717, 1.165) is 18.9 Å². The van der Waals surface area contributed by atoms with Crippen LogP contribution in [0.1, 0.15) is 18.4 Å². The van der Waals surface area contributed by atoms with Crippen molar-refractivity contribution in [2.75, 3.05) is 12.4 Å². The lowest BCUT2D eigenvalue weighted by Crippen LogP contribution is -2.34. The van der Waals surface area contributed by atoms with Crippen LogP contribution in [0.3, 0.4) is 0 Å². The summed E-state index contributed by atoms with van der Waals surface area (Å²) in [6.07, 6.45) is 3.83. The van der Waals surface area contributed by atoms with Crippen LogP contribution in [-0.2, 0) is 6.42 Å². The van der Waals surface area contributed by atoms with E-state index >= 15 is 0 Å². The second kappa shape index (κ2) is 5.53. The molecule has 1 aliphatic carbocycles. The number of benzene rings is 1. The van der Waals surface area contributed by atoms with Crippen molar-refractivity contribution < 1.29 is 0 Å². The highest BCUT2D eigenvalue weighted by atomic mass is 35.5. The van der Waals surface area contributed by atoms with Gasteiger partial charge < -0.3 is 5.32 Å². The lowest BCUT2D eigenvalue weighted by atomic mass is 10.1. The fourth-order valence-corrected chi connectivity index (χ4v) is 1.95. The molecular formula is C13H18ClN. The molecule has 2 heteroatoms. The van der Waals surface area contributed by atoms with Crippen molar-refractivity contribution in [3.8, 4) is 0 Å². The molecule has 0 aliphatic heterocycles. The Morgan fingerprint density at radius 3 is 2.60 bits per heavy atom. The average Bonchev–Trinajstić information content (AvgIpc) is 3.09. The van der Waals surface area contributed by atoms with Gasteiger partial charge >= 0.3 is 0 Å². The SMILES string of the molecule is ClCC(Cc1ccccc1)NCC1CC1. The first kappa shape index (κ1) is 11.0. The summed E-state index contributed by atoms with van der Waals surface area (Å²) in [5.41, 5.74) is 1.37. The van der Waals surface area contributed by atoms with Crippen LogP contribution >= 0.6 is 11.6 Å². The molecule has 15 heavy (non-hydrogen) atoms. The molecule has 0 spiro atoms. The molecule has 1 aromatic rings. The van der Waals surface area contributed by atoms with Gasteiger partial charge in [-0.1, -0.05) is 30.3 Å². The molecule has 2 rings (SSSR count). The van der Waals surface area contributed by atoms with E-state index in [1.54, 1.807) is 0 Å². The zero-order valence-corrected chi connectivity index (χ0v) is 9.71. The number of hydrogen-bond donors (Lipinski definition) is 1. The van der Waals surface area contributed by atoms with Gasteiger partial charge in [0.2, 0.25) is 0 Å². The third-order valence-corrected chi connectivity index (χ3v) is 3.28. The van der Waals surface area contributed by atoms with Crippen molar-refractivity contribution in [1.82, 2.24) is 5.32 Å². The summed E-state index contributed by atoms with van der Waals surface area (Å²) in [7, 11) is 0. The third kappa shape index (κ3) is 3.84. The zero-order chi connectivity index (χ0) is 10.5. The molecule has 1 aliphatic rings. The Labute approximate surface area is 96.8 Å². The summed E-state index contributed by atoms with van der Waals surface area (Å²) >= 11 is 5.96. The Bertz CT molecular complexity index is 282. The number of hydrogen-bond acceptors (Lipinski definition) is 1. The lowest BCUT2D eigenvalue weighted by molar-refractivity contribution is 0.529. The lowest BCUT2D eigenvalue weighted by Gasteiger charge is -2.15. The van der Waals surface area contributed by atoms with Crippen LogP contribution in [0.5, 0.6) is 0 Å². The van der Waals surface area contributed by atoms with Crippen molar-refractivity contribution in [3.05, 3.63) is 35.9 Å². The predicted octanol–water partition coefficient (Wildman–Crippen LogP) is 2.84. The molecule has 0 amide bonds. The van der Waals surface area contributed by atoms with Gasteiger partial charge in [-0.3, -0.25) is 0 Å². The molecular weight excluding hydrogens is 206 g/mol. The van der Waals surface area contributed by atoms with Crippen molar-refractivity contribution in [2.45, 2.75) is 25.3 Å². The van der Waals surface area contributed by atoms with Gasteiger partial charge in [0.15, 0.2) is 0 Å². The Balaban J connectivity index is 1.78. The van der Waals surface area contributed by atoms with Gasteiger partial charge in [0.25, 0.3) is 0 Å². The second-order valence-electron chi connectivity index (χ2n) is 4.39. The maximum Gasteiger partial charge on any atom is 0.0380 e. The van der Waals surface area contributed by atoms with Crippen molar-refractivity contribution in [3.63, 3.8) is 0 Å². The fraction of sp³-hybridized carbons (Fsp3) is 0.538. The van der Waals surface area contributed by atoms with Crippen LogP contribution in [0.2, 0.25) is 0 Å². The first-order valence-corrected chi connectivity index (χ1v) is 6.25. The summed E-state index contributed by atoms with van der Waals surface area (Å²) in [5.74, 6) is 1.62. The van der Waals surface area contributed by atoms with Gasteiger partial charge in [0.1, 0.15) is 0 Å². The summed E-state index contributed by atoms with van der Waals surface area (Å²) in [5, 5.41) is 3.55. The van der Waals surface area contributed by atoms with Crippen LogP contribution in [0.15, 0.2) is 30.3 Å². The van der Waals surface area contributed by atoms with E-state index in [0.29, 0.717) is 11.9 Å². The van der Waals surface area contributed by atoms with Crippen molar-refractivity contribution >= 4 is 11.6 Å². The zero-order valence-electron chi connectivity index (χ0n) is 8.95. The minimum atomic E-state index is 0.426. The Kier molecular flexibility index (Phi) is 4.04. The Hall–Kier alpha value is -0.530. The molecule has 1 atom stereocenters. The molecule has 0 radical (unpaired) electrons. The topological polar surface area (TPSA) is 12.0 Å². The van der Waals surface area contributed by atoms with E-state index in [4.69, 9.17) is 11.6 Å². The van der Waals surface area contributed by atoms with Gasteiger partial charge in [-0.05, 0) is 37.3 Å². The van der Waals surface area contributed by atoms with Gasteiger partial charge in [0, 0.05) is 11.9 Å². The maximum absolute atomic E-state index is 5.96. The highest BCUT2D eigenvalue weighted by molar-refractivity contribution is 6.18. The normalized spacial score (nSPS) is 17.7. The van der Waals surface area contributed by atoms with Crippen LogP contribution in [0.25, 0.3) is 0 Å². The molecule has 1 N–H and O–H groups in total. The second-order valence-corrected chi connectivity index (χ2v) is 4.70. The van der Waals surface area contributed by atoms with E-state index in [9.17, 15) is 0 Å². The van der Waals surface area contributed by atoms with E-state index in [-0.39, 0.29) is 0 Å². The molecule has 1 saturated carbocycles. The molecule has 1 aromatic carbocycles. The van der Waals surface area contributed by atoms with Crippen LogP contribution in [0.4, 0.5) is 0 Å². The standard InChI is InChI=1S/C13H18ClN/c14-9-13(15-10-12-6-7-12)8-11-4-2-1-3-5-11/h1-5,12-13,15H,6-10H2. The molecule has 1 fully saturated rings. The summed E-state index contributed by atoms with van der Waals surface area (Å²) in [6.45, 7) is 1.14. The molecule has 82 valence electrons. The first-order chi connectivity index (χ1) is 7.38.